The van der Waals surface area contributed by atoms with Gasteiger partial charge in [0.2, 0.25) is 0 Å². The van der Waals surface area contributed by atoms with E-state index in [1.165, 1.54) is 12.1 Å². The number of benzene rings is 6. The van der Waals surface area contributed by atoms with Crippen molar-refractivity contribution in [2.45, 2.75) is 9.79 Å². The van der Waals surface area contributed by atoms with Gasteiger partial charge in [-0.2, -0.15) is 16.8 Å². The van der Waals surface area contributed by atoms with Crippen molar-refractivity contribution in [3.05, 3.63) is 107 Å². The Labute approximate surface area is 283 Å². The van der Waals surface area contributed by atoms with Crippen molar-refractivity contribution in [2.24, 2.45) is 20.5 Å². The molecular weight excluding hydrogens is 699 g/mol. The third-order valence-corrected chi connectivity index (χ3v) is 9.69. The summed E-state index contributed by atoms with van der Waals surface area (Å²) in [6.45, 7) is 0. The zero-order chi connectivity index (χ0) is 34.4. The van der Waals surface area contributed by atoms with Gasteiger partial charge in [0.05, 0.1) is 21.4 Å². The van der Waals surface area contributed by atoms with Gasteiger partial charge in [0.25, 0.3) is 20.2 Å². The molecule has 0 bridgehead atoms. The lowest BCUT2D eigenvalue weighted by Crippen LogP contribution is -2.01. The first-order chi connectivity index (χ1) is 22.7. The zero-order valence-electron chi connectivity index (χ0n) is 24.3. The van der Waals surface area contributed by atoms with Gasteiger partial charge < -0.3 is 11.5 Å². The Hall–Kier alpha value is -4.96. The Balaban J connectivity index is 1.31. The maximum Gasteiger partial charge on any atom is 0.296 e. The topological polar surface area (TPSA) is 210 Å². The first-order valence-electron chi connectivity index (χ1n) is 13.7. The molecule has 0 heterocycles. The van der Waals surface area contributed by atoms with Crippen molar-refractivity contribution < 1.29 is 25.9 Å². The fraction of sp³-hybridized carbons (Fsp3) is 0. The summed E-state index contributed by atoms with van der Waals surface area (Å²) < 4.78 is 68.1. The van der Waals surface area contributed by atoms with E-state index in [9.17, 15) is 25.9 Å². The number of rotatable bonds is 7. The lowest BCUT2D eigenvalue weighted by atomic mass is 10.0. The van der Waals surface area contributed by atoms with E-state index in [0.29, 0.717) is 32.7 Å². The van der Waals surface area contributed by atoms with Crippen LogP contribution in [-0.4, -0.2) is 25.9 Å². The molecule has 0 spiro atoms. The Kier molecular flexibility index (Phi) is 8.63. The number of nitrogen functional groups attached to an aromatic ring is 2. The normalized spacial score (nSPS) is 12.5. The second kappa shape index (κ2) is 12.6. The second-order valence-electron chi connectivity index (χ2n) is 10.4. The average Bonchev–Trinajstić information content (AvgIpc) is 3.04. The number of halogens is 2. The predicted molar refractivity (Wildman–Crippen MR) is 187 cm³/mol. The molecule has 0 amide bonds. The van der Waals surface area contributed by atoms with Crippen molar-refractivity contribution in [3.8, 4) is 11.1 Å². The van der Waals surface area contributed by atoms with Crippen molar-refractivity contribution in [1.29, 1.82) is 0 Å². The molecule has 0 aliphatic carbocycles. The summed E-state index contributed by atoms with van der Waals surface area (Å²) in [5.74, 6) is 0. The predicted octanol–water partition coefficient (Wildman–Crippen LogP) is 9.46. The highest BCUT2D eigenvalue weighted by atomic mass is 35.5. The smallest absolute Gasteiger partial charge is 0.296 e. The monoisotopic (exact) mass is 720 g/mol. The minimum absolute atomic E-state index is 0.0154. The van der Waals surface area contributed by atoms with Gasteiger partial charge in [0.15, 0.2) is 0 Å². The van der Waals surface area contributed by atoms with E-state index in [0.717, 1.165) is 0 Å². The number of nitrogens with two attached hydrogens (primary N) is 2. The SMILES string of the molecule is Nc1c(N=Nc2ccc(-c3ccc(N=Nc4c(S(=O)(=O)O)cc5ccccc5c4N)c(Cl)c3)cc2Cl)c(S(=O)(=O)O)cc2ccccc12. The fourth-order valence-electron chi connectivity index (χ4n) is 5.02. The molecule has 6 N–H and O–H groups in total. The maximum absolute atomic E-state index is 12.1. The van der Waals surface area contributed by atoms with Crippen molar-refractivity contribution in [3.63, 3.8) is 0 Å². The molecule has 6 rings (SSSR count). The van der Waals surface area contributed by atoms with Crippen molar-refractivity contribution in [2.75, 3.05) is 11.5 Å². The number of fused-ring (bicyclic) bond motifs is 2. The number of anilines is 2. The Bertz CT molecular complexity index is 2400. The van der Waals surface area contributed by atoms with E-state index in [4.69, 9.17) is 34.7 Å². The van der Waals surface area contributed by atoms with Gasteiger partial charge in [0, 0.05) is 10.8 Å². The summed E-state index contributed by atoms with van der Waals surface area (Å²) in [7, 11) is -9.38. The van der Waals surface area contributed by atoms with Gasteiger partial charge in [-0.05, 0) is 58.3 Å². The van der Waals surface area contributed by atoms with Gasteiger partial charge in [0.1, 0.15) is 32.5 Å². The van der Waals surface area contributed by atoms with Crippen LogP contribution in [0.25, 0.3) is 32.7 Å². The summed E-state index contributed by atoms with van der Waals surface area (Å²) in [6, 6.07) is 25.7. The van der Waals surface area contributed by atoms with Crippen LogP contribution >= 0.6 is 23.2 Å². The van der Waals surface area contributed by atoms with Crippen molar-refractivity contribution >= 4 is 99.1 Å². The summed E-state index contributed by atoms with van der Waals surface area (Å²) >= 11 is 13.0. The molecule has 6 aromatic rings. The van der Waals surface area contributed by atoms with Crippen LogP contribution in [0.5, 0.6) is 0 Å². The summed E-state index contributed by atoms with van der Waals surface area (Å²) in [5.41, 5.74) is 13.6. The standard InChI is InChI=1S/C32H22Cl2N6O6S2/c33-23-13-17(9-11-25(23)37-39-31-27(47(41,42)43)15-19-5-1-3-7-21(19)29(31)35)18-10-12-26(24(34)14-18)38-40-32-28(48(44,45)46)16-20-6-2-4-8-22(20)30(32)36/h1-16H,35-36H2,(H,41,42,43)(H,44,45,46). The minimum atomic E-state index is -4.69. The van der Waals surface area contributed by atoms with Gasteiger partial charge in [-0.15, -0.1) is 20.5 Å². The second-order valence-corrected chi connectivity index (χ2v) is 14.0. The van der Waals surface area contributed by atoms with Crippen LogP contribution < -0.4 is 11.5 Å². The average molecular weight is 722 g/mol. The van der Waals surface area contributed by atoms with Crippen LogP contribution in [0.3, 0.4) is 0 Å². The molecule has 12 nitrogen and oxygen atoms in total. The van der Waals surface area contributed by atoms with Crippen LogP contribution in [0, 0.1) is 0 Å². The van der Waals surface area contributed by atoms with E-state index in [1.807, 2.05) is 0 Å². The molecule has 0 aliphatic rings. The number of azo groups is 2. The zero-order valence-corrected chi connectivity index (χ0v) is 27.4. The maximum atomic E-state index is 12.1. The third kappa shape index (κ3) is 6.44. The number of hydrogen-bond acceptors (Lipinski definition) is 10. The molecule has 242 valence electrons. The van der Waals surface area contributed by atoms with Gasteiger partial charge in [-0.25, -0.2) is 0 Å². The molecule has 0 fully saturated rings. The van der Waals surface area contributed by atoms with Gasteiger partial charge in [-0.3, -0.25) is 9.11 Å². The Morgan fingerprint density at radius 2 is 0.896 bits per heavy atom. The van der Waals surface area contributed by atoms with E-state index >= 15 is 0 Å². The molecule has 0 radical (unpaired) electrons. The summed E-state index contributed by atoms with van der Waals surface area (Å²) in [4.78, 5) is -1.00. The Morgan fingerprint density at radius 1 is 0.521 bits per heavy atom. The molecular formula is C32H22Cl2N6O6S2. The molecule has 0 aliphatic heterocycles. The fourth-order valence-corrected chi connectivity index (χ4v) is 6.80. The first kappa shape index (κ1) is 33.0. The first-order valence-corrected chi connectivity index (χ1v) is 17.4. The van der Waals surface area contributed by atoms with Crippen LogP contribution in [0.2, 0.25) is 10.0 Å². The molecule has 6 aromatic carbocycles. The molecule has 0 unspecified atom stereocenters. The quantitative estimate of drug-likeness (QED) is 0.0706. The van der Waals surface area contributed by atoms with Gasteiger partial charge >= 0.3 is 0 Å². The largest absolute Gasteiger partial charge is 0.396 e. The van der Waals surface area contributed by atoms with Crippen LogP contribution in [0.15, 0.2) is 127 Å². The number of hydrogen-bond donors (Lipinski definition) is 4. The molecule has 16 heteroatoms. The van der Waals surface area contributed by atoms with Gasteiger partial charge in [-0.1, -0.05) is 83.9 Å². The Morgan fingerprint density at radius 3 is 1.25 bits per heavy atom. The third-order valence-electron chi connectivity index (χ3n) is 7.35. The highest BCUT2D eigenvalue weighted by Gasteiger charge is 2.22. The summed E-state index contributed by atoms with van der Waals surface area (Å²) in [6.07, 6.45) is 0. The number of nitrogens with zero attached hydrogens (tertiary/aromatic N) is 4. The van der Waals surface area contributed by atoms with E-state index in [-0.39, 0.29) is 44.2 Å². The molecule has 0 atom stereocenters. The lowest BCUT2D eigenvalue weighted by Gasteiger charge is -2.10. The van der Waals surface area contributed by atoms with Crippen LogP contribution in [0.4, 0.5) is 34.1 Å². The highest BCUT2D eigenvalue weighted by Crippen LogP contribution is 2.42. The minimum Gasteiger partial charge on any atom is -0.396 e. The summed E-state index contributed by atoms with van der Waals surface area (Å²) in [5, 5.41) is 18.7. The van der Waals surface area contributed by atoms with Crippen LogP contribution in [-0.2, 0) is 20.2 Å². The molecule has 0 saturated carbocycles. The molecule has 0 aromatic heterocycles. The van der Waals surface area contributed by atoms with E-state index in [1.54, 1.807) is 84.9 Å². The highest BCUT2D eigenvalue weighted by molar-refractivity contribution is 7.86. The van der Waals surface area contributed by atoms with Crippen LogP contribution in [0.1, 0.15) is 0 Å². The van der Waals surface area contributed by atoms with Crippen molar-refractivity contribution in [1.82, 2.24) is 0 Å². The lowest BCUT2D eigenvalue weighted by molar-refractivity contribution is 0.481. The molecule has 48 heavy (non-hydrogen) atoms. The van der Waals surface area contributed by atoms with E-state index < -0.39 is 30.0 Å². The molecule has 0 saturated heterocycles. The van der Waals surface area contributed by atoms with E-state index in [2.05, 4.69) is 20.5 Å².